The van der Waals surface area contributed by atoms with Crippen LogP contribution in [-0.4, -0.2) is 40.2 Å². The Morgan fingerprint density at radius 1 is 1.30 bits per heavy atom. The third kappa shape index (κ3) is 6.26. The van der Waals surface area contributed by atoms with E-state index in [1.807, 2.05) is 0 Å². The maximum Gasteiger partial charge on any atom is 0.246 e. The number of hydrogen-bond acceptors (Lipinski definition) is 5. The van der Waals surface area contributed by atoms with Crippen molar-refractivity contribution in [1.29, 1.82) is 0 Å². The standard InChI is InChI=1S/C15H22N2O5S/c16-23(19,20)14-6-4-12(5-7-14)9-17-15(18)11-21-10-13-3-1-2-8-22-13/h4-7,13H,1-3,8-11H2,(H,17,18)(H2,16,19,20)/t13-/m0/s1. The summed E-state index contributed by atoms with van der Waals surface area (Å²) < 4.78 is 33.1. The van der Waals surface area contributed by atoms with Gasteiger partial charge in [0, 0.05) is 13.2 Å². The van der Waals surface area contributed by atoms with E-state index in [0.29, 0.717) is 13.2 Å². The van der Waals surface area contributed by atoms with Crippen molar-refractivity contribution in [1.82, 2.24) is 5.32 Å². The van der Waals surface area contributed by atoms with Crippen LogP contribution >= 0.6 is 0 Å². The van der Waals surface area contributed by atoms with Crippen LogP contribution in [0.15, 0.2) is 29.2 Å². The lowest BCUT2D eigenvalue weighted by Gasteiger charge is -2.22. The van der Waals surface area contributed by atoms with E-state index in [-0.39, 0.29) is 23.5 Å². The maximum atomic E-state index is 11.7. The summed E-state index contributed by atoms with van der Waals surface area (Å²) in [6.07, 6.45) is 3.27. The van der Waals surface area contributed by atoms with Crippen molar-refractivity contribution < 1.29 is 22.7 Å². The van der Waals surface area contributed by atoms with Gasteiger partial charge in [-0.25, -0.2) is 13.6 Å². The Hall–Kier alpha value is -1.48. The van der Waals surface area contributed by atoms with E-state index in [4.69, 9.17) is 14.6 Å². The Kier molecular flexibility index (Phi) is 6.52. The topological polar surface area (TPSA) is 108 Å². The summed E-state index contributed by atoms with van der Waals surface area (Å²) in [4.78, 5) is 11.7. The van der Waals surface area contributed by atoms with Crippen LogP contribution in [0.4, 0.5) is 0 Å². The van der Waals surface area contributed by atoms with Crippen LogP contribution in [0, 0.1) is 0 Å². The molecule has 0 radical (unpaired) electrons. The highest BCUT2D eigenvalue weighted by atomic mass is 32.2. The van der Waals surface area contributed by atoms with Gasteiger partial charge >= 0.3 is 0 Å². The minimum Gasteiger partial charge on any atom is -0.376 e. The van der Waals surface area contributed by atoms with Crippen molar-refractivity contribution in [2.24, 2.45) is 5.14 Å². The molecule has 1 aromatic rings. The van der Waals surface area contributed by atoms with E-state index in [0.717, 1.165) is 31.4 Å². The van der Waals surface area contributed by atoms with Crippen molar-refractivity contribution in [3.05, 3.63) is 29.8 Å². The number of ether oxygens (including phenoxy) is 2. The summed E-state index contributed by atoms with van der Waals surface area (Å²) in [6, 6.07) is 6.04. The zero-order valence-corrected chi connectivity index (χ0v) is 13.7. The molecule has 1 saturated heterocycles. The molecule has 1 aromatic carbocycles. The summed E-state index contributed by atoms with van der Waals surface area (Å²) in [5, 5.41) is 7.73. The average molecular weight is 342 g/mol. The minimum atomic E-state index is -3.69. The quantitative estimate of drug-likeness (QED) is 0.752. The van der Waals surface area contributed by atoms with Crippen LogP contribution in [0.5, 0.6) is 0 Å². The predicted molar refractivity (Wildman–Crippen MR) is 84.1 cm³/mol. The Labute approximate surface area is 136 Å². The normalized spacial score (nSPS) is 18.6. The summed E-state index contributed by atoms with van der Waals surface area (Å²) >= 11 is 0. The zero-order valence-electron chi connectivity index (χ0n) is 12.9. The van der Waals surface area contributed by atoms with Crippen molar-refractivity contribution in [2.45, 2.75) is 36.8 Å². The molecule has 1 atom stereocenters. The Balaban J connectivity index is 1.67. The molecule has 0 aromatic heterocycles. The number of hydrogen-bond donors (Lipinski definition) is 2. The van der Waals surface area contributed by atoms with Crippen molar-refractivity contribution in [2.75, 3.05) is 19.8 Å². The number of nitrogens with two attached hydrogens (primary N) is 1. The molecule has 0 saturated carbocycles. The van der Waals surface area contributed by atoms with Crippen LogP contribution < -0.4 is 10.5 Å². The van der Waals surface area contributed by atoms with Crippen LogP contribution in [0.25, 0.3) is 0 Å². The van der Waals surface area contributed by atoms with Crippen molar-refractivity contribution in [3.63, 3.8) is 0 Å². The number of carbonyl (C=O) groups excluding carboxylic acids is 1. The number of rotatable bonds is 7. The maximum absolute atomic E-state index is 11.7. The fourth-order valence-electron chi connectivity index (χ4n) is 2.27. The summed E-state index contributed by atoms with van der Waals surface area (Å²) in [6.45, 7) is 1.47. The average Bonchev–Trinajstić information content (AvgIpc) is 2.53. The van der Waals surface area contributed by atoms with Crippen LogP contribution in [-0.2, 0) is 30.8 Å². The Morgan fingerprint density at radius 2 is 2.04 bits per heavy atom. The lowest BCUT2D eigenvalue weighted by molar-refractivity contribution is -0.128. The zero-order chi connectivity index (χ0) is 16.7. The molecule has 8 heteroatoms. The van der Waals surface area contributed by atoms with Gasteiger partial charge in [0.2, 0.25) is 15.9 Å². The van der Waals surface area contributed by atoms with Crippen LogP contribution in [0.3, 0.4) is 0 Å². The SMILES string of the molecule is NS(=O)(=O)c1ccc(CNC(=O)COC[C@@H]2CCCCO2)cc1. The lowest BCUT2D eigenvalue weighted by Crippen LogP contribution is -2.30. The van der Waals surface area contributed by atoms with Crippen LogP contribution in [0.1, 0.15) is 24.8 Å². The first-order valence-electron chi connectivity index (χ1n) is 7.53. The molecule has 2 rings (SSSR count). The number of sulfonamides is 1. The Bertz CT molecular complexity index is 609. The molecule has 23 heavy (non-hydrogen) atoms. The third-order valence-electron chi connectivity index (χ3n) is 3.55. The van der Waals surface area contributed by atoms with Crippen LogP contribution in [0.2, 0.25) is 0 Å². The highest BCUT2D eigenvalue weighted by Gasteiger charge is 2.14. The number of benzene rings is 1. The van der Waals surface area contributed by atoms with Gasteiger partial charge in [0.15, 0.2) is 0 Å². The summed E-state index contributed by atoms with van der Waals surface area (Å²) in [5.74, 6) is -0.226. The van der Waals surface area contributed by atoms with Gasteiger partial charge < -0.3 is 14.8 Å². The molecule has 128 valence electrons. The molecule has 7 nitrogen and oxygen atoms in total. The van der Waals surface area contributed by atoms with Crippen molar-refractivity contribution in [3.8, 4) is 0 Å². The first-order chi connectivity index (χ1) is 10.9. The second kappa shape index (κ2) is 8.39. The second-order valence-electron chi connectivity index (χ2n) is 5.47. The fraction of sp³-hybridized carbons (Fsp3) is 0.533. The molecule has 1 heterocycles. The highest BCUT2D eigenvalue weighted by Crippen LogP contribution is 2.12. The van der Waals surface area contributed by atoms with Crippen molar-refractivity contribution >= 4 is 15.9 Å². The minimum absolute atomic E-state index is 0.0187. The third-order valence-corrected chi connectivity index (χ3v) is 4.48. The van der Waals surface area contributed by atoms with Gasteiger partial charge in [-0.1, -0.05) is 12.1 Å². The lowest BCUT2D eigenvalue weighted by atomic mass is 10.1. The largest absolute Gasteiger partial charge is 0.376 e. The van der Waals surface area contributed by atoms with Gasteiger partial charge in [0.1, 0.15) is 6.61 Å². The van der Waals surface area contributed by atoms with Gasteiger partial charge in [-0.05, 0) is 37.0 Å². The van der Waals surface area contributed by atoms with Gasteiger partial charge in [-0.3, -0.25) is 4.79 Å². The van der Waals surface area contributed by atoms with E-state index in [9.17, 15) is 13.2 Å². The van der Waals surface area contributed by atoms with Gasteiger partial charge in [0.25, 0.3) is 0 Å². The molecular formula is C15H22N2O5S. The second-order valence-corrected chi connectivity index (χ2v) is 7.03. The summed E-state index contributed by atoms with van der Waals surface area (Å²) in [5.41, 5.74) is 0.779. The molecule has 1 aliphatic rings. The van der Waals surface area contributed by atoms with Gasteiger partial charge in [-0.2, -0.15) is 0 Å². The first kappa shape index (κ1) is 17.9. The summed E-state index contributed by atoms with van der Waals surface area (Å²) in [7, 11) is -3.69. The molecular weight excluding hydrogens is 320 g/mol. The van der Waals surface area contributed by atoms with E-state index in [1.54, 1.807) is 12.1 Å². The van der Waals surface area contributed by atoms with Gasteiger partial charge in [-0.15, -0.1) is 0 Å². The fourth-order valence-corrected chi connectivity index (χ4v) is 2.79. The number of amides is 1. The number of carbonyl (C=O) groups is 1. The smallest absolute Gasteiger partial charge is 0.246 e. The molecule has 3 N–H and O–H groups in total. The molecule has 0 aliphatic carbocycles. The van der Waals surface area contributed by atoms with E-state index >= 15 is 0 Å². The van der Waals surface area contributed by atoms with E-state index in [1.165, 1.54) is 12.1 Å². The molecule has 0 unspecified atom stereocenters. The predicted octanol–water partition coefficient (Wildman–Crippen LogP) is 0.536. The molecule has 1 aliphatic heterocycles. The highest BCUT2D eigenvalue weighted by molar-refractivity contribution is 7.89. The first-order valence-corrected chi connectivity index (χ1v) is 9.07. The molecule has 1 fully saturated rings. The molecule has 0 bridgehead atoms. The van der Waals surface area contributed by atoms with E-state index in [2.05, 4.69) is 5.32 Å². The van der Waals surface area contributed by atoms with Gasteiger partial charge in [0.05, 0.1) is 17.6 Å². The number of primary sulfonamides is 1. The number of nitrogens with one attached hydrogen (secondary N) is 1. The Morgan fingerprint density at radius 3 is 2.65 bits per heavy atom. The van der Waals surface area contributed by atoms with E-state index < -0.39 is 10.0 Å². The molecule has 1 amide bonds. The molecule has 0 spiro atoms. The monoisotopic (exact) mass is 342 g/mol.